The van der Waals surface area contributed by atoms with Crippen LogP contribution in [-0.4, -0.2) is 41.2 Å². The zero-order valence-corrected chi connectivity index (χ0v) is 16.9. The molecule has 0 aliphatic heterocycles. The second kappa shape index (κ2) is 7.65. The van der Waals surface area contributed by atoms with Crippen molar-refractivity contribution >= 4 is 33.4 Å². The van der Waals surface area contributed by atoms with Crippen LogP contribution >= 0.6 is 0 Å². The average Bonchev–Trinajstić information content (AvgIpc) is 2.94. The first kappa shape index (κ1) is 19.3. The fourth-order valence-corrected chi connectivity index (χ4v) is 3.89. The van der Waals surface area contributed by atoms with Crippen molar-refractivity contribution in [2.45, 2.75) is 46.2 Å². The first-order valence-electron chi connectivity index (χ1n) is 9.57. The first-order chi connectivity index (χ1) is 12.8. The quantitative estimate of drug-likeness (QED) is 0.558. The monoisotopic (exact) mass is 364 g/mol. The van der Waals surface area contributed by atoms with Crippen molar-refractivity contribution in [1.29, 1.82) is 0 Å². The zero-order chi connectivity index (χ0) is 19.7. The molecule has 27 heavy (non-hydrogen) atoms. The molecular formula is C23H28N2O2. The van der Waals surface area contributed by atoms with E-state index in [1.165, 1.54) is 0 Å². The van der Waals surface area contributed by atoms with Crippen LogP contribution in [0.5, 0.6) is 0 Å². The Hall–Kier alpha value is -2.46. The minimum atomic E-state index is 0.0548. The van der Waals surface area contributed by atoms with Crippen molar-refractivity contribution in [2.24, 2.45) is 0 Å². The standard InChI is InChI=1S/C23H28N2O2/c1-6-19(24(4)5)11-12-25-22-9-7-17(15(2)26)13-20(22)21-14-18(16(3)27)8-10-23(21)25/h7-10,13-14,19H,6,11-12H2,1-5H3/t19-/m0/s1. The Morgan fingerprint density at radius 3 is 1.78 bits per heavy atom. The summed E-state index contributed by atoms with van der Waals surface area (Å²) < 4.78 is 2.32. The summed E-state index contributed by atoms with van der Waals surface area (Å²) in [7, 11) is 4.25. The van der Waals surface area contributed by atoms with Crippen molar-refractivity contribution in [3.8, 4) is 0 Å². The fraction of sp³-hybridized carbons (Fsp3) is 0.391. The van der Waals surface area contributed by atoms with Gasteiger partial charge in [0.1, 0.15) is 0 Å². The van der Waals surface area contributed by atoms with Crippen molar-refractivity contribution in [3.05, 3.63) is 47.5 Å². The third kappa shape index (κ3) is 3.67. The molecular weight excluding hydrogens is 336 g/mol. The number of rotatable bonds is 7. The molecule has 0 fully saturated rings. The van der Waals surface area contributed by atoms with E-state index in [2.05, 4.69) is 30.5 Å². The van der Waals surface area contributed by atoms with Gasteiger partial charge >= 0.3 is 0 Å². The Balaban J connectivity index is 2.18. The van der Waals surface area contributed by atoms with Gasteiger partial charge in [0, 0.05) is 45.5 Å². The van der Waals surface area contributed by atoms with Crippen molar-refractivity contribution in [2.75, 3.05) is 14.1 Å². The molecule has 3 rings (SSSR count). The molecule has 0 unspecified atom stereocenters. The van der Waals surface area contributed by atoms with Gasteiger partial charge in [-0.25, -0.2) is 0 Å². The second-order valence-electron chi connectivity index (χ2n) is 7.54. The molecule has 142 valence electrons. The highest BCUT2D eigenvalue weighted by molar-refractivity contribution is 6.12. The number of hydrogen-bond donors (Lipinski definition) is 0. The lowest BCUT2D eigenvalue weighted by Crippen LogP contribution is -2.28. The maximum atomic E-state index is 11.9. The summed E-state index contributed by atoms with van der Waals surface area (Å²) in [5.74, 6) is 0.110. The van der Waals surface area contributed by atoms with Gasteiger partial charge in [-0.1, -0.05) is 6.92 Å². The van der Waals surface area contributed by atoms with E-state index < -0.39 is 0 Å². The number of nitrogens with zero attached hydrogens (tertiary/aromatic N) is 2. The van der Waals surface area contributed by atoms with Gasteiger partial charge in [-0.2, -0.15) is 0 Å². The number of ketones is 2. The molecule has 0 saturated carbocycles. The summed E-state index contributed by atoms with van der Waals surface area (Å²) in [5, 5.41) is 2.08. The summed E-state index contributed by atoms with van der Waals surface area (Å²) in [4.78, 5) is 26.0. The molecule has 1 atom stereocenters. The molecule has 0 aliphatic carbocycles. The number of aromatic nitrogens is 1. The van der Waals surface area contributed by atoms with E-state index in [-0.39, 0.29) is 11.6 Å². The topological polar surface area (TPSA) is 42.3 Å². The van der Waals surface area contributed by atoms with Gasteiger partial charge in [-0.05, 0) is 77.2 Å². The molecule has 0 bridgehead atoms. The van der Waals surface area contributed by atoms with E-state index in [0.29, 0.717) is 17.2 Å². The number of Topliss-reactive ketones (excluding diaryl/α,β-unsaturated/α-hetero) is 2. The SMILES string of the molecule is CC[C@@H](CCn1c2ccc(C(C)=O)cc2c2cc(C(C)=O)ccc21)N(C)C. The molecule has 0 spiro atoms. The maximum Gasteiger partial charge on any atom is 0.159 e. The zero-order valence-electron chi connectivity index (χ0n) is 16.9. The predicted molar refractivity (Wildman–Crippen MR) is 112 cm³/mol. The van der Waals surface area contributed by atoms with Gasteiger partial charge in [0.15, 0.2) is 11.6 Å². The highest BCUT2D eigenvalue weighted by atomic mass is 16.1. The lowest BCUT2D eigenvalue weighted by atomic mass is 10.0. The number of fused-ring (bicyclic) bond motifs is 3. The van der Waals surface area contributed by atoms with Crippen LogP contribution in [0.25, 0.3) is 21.8 Å². The molecule has 2 aromatic carbocycles. The first-order valence-corrected chi connectivity index (χ1v) is 9.57. The third-order valence-electron chi connectivity index (χ3n) is 5.57. The molecule has 0 N–H and O–H groups in total. The Labute approximate surface area is 160 Å². The van der Waals surface area contributed by atoms with E-state index in [9.17, 15) is 9.59 Å². The van der Waals surface area contributed by atoms with Crippen LogP contribution < -0.4 is 0 Å². The smallest absolute Gasteiger partial charge is 0.159 e. The maximum absolute atomic E-state index is 11.9. The molecule has 1 heterocycles. The summed E-state index contributed by atoms with van der Waals surface area (Å²) in [6.07, 6.45) is 2.15. The van der Waals surface area contributed by atoms with E-state index in [4.69, 9.17) is 0 Å². The Bertz CT molecular complexity index is 943. The van der Waals surface area contributed by atoms with Gasteiger partial charge in [-0.3, -0.25) is 9.59 Å². The Morgan fingerprint density at radius 1 is 0.926 bits per heavy atom. The molecule has 0 saturated heterocycles. The second-order valence-corrected chi connectivity index (χ2v) is 7.54. The lowest BCUT2D eigenvalue weighted by Gasteiger charge is -2.23. The van der Waals surface area contributed by atoms with Gasteiger partial charge in [0.25, 0.3) is 0 Å². The van der Waals surface area contributed by atoms with Crippen molar-refractivity contribution in [1.82, 2.24) is 9.47 Å². The van der Waals surface area contributed by atoms with Crippen molar-refractivity contribution < 1.29 is 9.59 Å². The van der Waals surface area contributed by atoms with Crippen LogP contribution in [0.4, 0.5) is 0 Å². The summed E-state index contributed by atoms with van der Waals surface area (Å²) >= 11 is 0. The number of hydrogen-bond acceptors (Lipinski definition) is 3. The van der Waals surface area contributed by atoms with E-state index >= 15 is 0 Å². The third-order valence-corrected chi connectivity index (χ3v) is 5.57. The van der Waals surface area contributed by atoms with Crippen molar-refractivity contribution in [3.63, 3.8) is 0 Å². The average molecular weight is 364 g/mol. The number of carbonyl (C=O) groups excluding carboxylic acids is 2. The molecule has 0 radical (unpaired) electrons. The van der Waals surface area contributed by atoms with Crippen LogP contribution in [0.15, 0.2) is 36.4 Å². The van der Waals surface area contributed by atoms with Gasteiger partial charge in [0.05, 0.1) is 0 Å². The van der Waals surface area contributed by atoms with Gasteiger partial charge in [-0.15, -0.1) is 0 Å². The van der Waals surface area contributed by atoms with Gasteiger partial charge in [0.2, 0.25) is 0 Å². The highest BCUT2D eigenvalue weighted by Gasteiger charge is 2.16. The number of carbonyl (C=O) groups is 2. The summed E-state index contributed by atoms with van der Waals surface area (Å²) in [5.41, 5.74) is 3.64. The van der Waals surface area contributed by atoms with Crippen LogP contribution in [-0.2, 0) is 6.54 Å². The predicted octanol–water partition coefficient (Wildman–Crippen LogP) is 4.93. The van der Waals surface area contributed by atoms with E-state index in [1.807, 2.05) is 36.4 Å². The molecule has 0 aliphatic rings. The highest BCUT2D eigenvalue weighted by Crippen LogP contribution is 2.31. The molecule has 1 aromatic heterocycles. The van der Waals surface area contributed by atoms with Crippen LogP contribution in [0, 0.1) is 0 Å². The van der Waals surface area contributed by atoms with Gasteiger partial charge < -0.3 is 9.47 Å². The minimum absolute atomic E-state index is 0.0548. The summed E-state index contributed by atoms with van der Waals surface area (Å²) in [6.45, 7) is 6.29. The Morgan fingerprint density at radius 2 is 1.41 bits per heavy atom. The molecule has 4 heteroatoms. The van der Waals surface area contributed by atoms with E-state index in [0.717, 1.165) is 41.2 Å². The molecule has 0 amide bonds. The lowest BCUT2D eigenvalue weighted by molar-refractivity contribution is 0.100. The van der Waals surface area contributed by atoms with E-state index in [1.54, 1.807) is 13.8 Å². The molecule has 4 nitrogen and oxygen atoms in total. The molecule has 3 aromatic rings. The van der Waals surface area contributed by atoms with Crippen LogP contribution in [0.1, 0.15) is 54.3 Å². The largest absolute Gasteiger partial charge is 0.340 e. The minimum Gasteiger partial charge on any atom is -0.340 e. The summed E-state index contributed by atoms with van der Waals surface area (Å²) in [6, 6.07) is 12.3. The Kier molecular flexibility index (Phi) is 5.47. The van der Waals surface area contributed by atoms with Crippen LogP contribution in [0.3, 0.4) is 0 Å². The number of benzene rings is 2. The normalized spacial score (nSPS) is 12.8. The fourth-order valence-electron chi connectivity index (χ4n) is 3.89. The van der Waals surface area contributed by atoms with Crippen LogP contribution in [0.2, 0.25) is 0 Å². The number of aryl methyl sites for hydroxylation is 1.